The molecule has 0 bridgehead atoms. The summed E-state index contributed by atoms with van der Waals surface area (Å²) in [6, 6.07) is 11.1. The molecule has 0 radical (unpaired) electrons. The third kappa shape index (κ3) is 3.81. The van der Waals surface area contributed by atoms with Crippen molar-refractivity contribution in [2.75, 3.05) is 0 Å². The fourth-order valence-corrected chi connectivity index (χ4v) is 4.46. The second-order valence-corrected chi connectivity index (χ2v) is 8.18. The first-order valence-corrected chi connectivity index (χ1v) is 9.34. The monoisotopic (exact) mass is 329 g/mol. The van der Waals surface area contributed by atoms with Crippen LogP contribution in [-0.4, -0.2) is 24.0 Å². The van der Waals surface area contributed by atoms with Crippen LogP contribution in [0.4, 0.5) is 0 Å². The molecule has 24 heavy (non-hydrogen) atoms. The van der Waals surface area contributed by atoms with E-state index in [0.29, 0.717) is 12.0 Å². The lowest BCUT2D eigenvalue weighted by atomic mass is 9.79. The molecule has 3 N–H and O–H groups in total. The Kier molecular flexibility index (Phi) is 5.26. The van der Waals surface area contributed by atoms with Gasteiger partial charge in [-0.1, -0.05) is 57.0 Å². The molecule has 4 atom stereocenters. The smallest absolute Gasteiger partial charge is 0.239 e. The minimum Gasteiger partial charge on any atom is -0.352 e. The number of amides is 1. The highest BCUT2D eigenvalue weighted by atomic mass is 16.2. The lowest BCUT2D eigenvalue weighted by Crippen LogP contribution is -2.49. The Morgan fingerprint density at radius 1 is 1.21 bits per heavy atom. The Labute approximate surface area is 145 Å². The quantitative estimate of drug-likeness (QED) is 0.778. The Morgan fingerprint density at radius 3 is 2.67 bits per heavy atom. The van der Waals surface area contributed by atoms with E-state index in [2.05, 4.69) is 61.2 Å². The number of hydrazine groups is 1. The number of carbonyl (C=O) groups is 1. The summed E-state index contributed by atoms with van der Waals surface area (Å²) in [6.07, 6.45) is 5.76. The first-order valence-electron chi connectivity index (χ1n) is 9.34. The van der Waals surface area contributed by atoms with Crippen molar-refractivity contribution in [1.82, 2.24) is 16.2 Å². The lowest BCUT2D eigenvalue weighted by Gasteiger charge is -2.31. The molecular weight excluding hydrogens is 298 g/mol. The summed E-state index contributed by atoms with van der Waals surface area (Å²) < 4.78 is 0. The van der Waals surface area contributed by atoms with Gasteiger partial charge in [0.25, 0.3) is 0 Å². The summed E-state index contributed by atoms with van der Waals surface area (Å²) >= 11 is 0. The largest absolute Gasteiger partial charge is 0.352 e. The third-order valence-electron chi connectivity index (χ3n) is 5.71. The van der Waals surface area contributed by atoms with E-state index in [1.54, 1.807) is 0 Å². The predicted octanol–water partition coefficient (Wildman–Crippen LogP) is 2.89. The molecule has 4 unspecified atom stereocenters. The van der Waals surface area contributed by atoms with E-state index in [0.717, 1.165) is 12.8 Å². The van der Waals surface area contributed by atoms with Crippen molar-refractivity contribution >= 4 is 5.91 Å². The number of hydrogen-bond acceptors (Lipinski definition) is 3. The van der Waals surface area contributed by atoms with Crippen molar-refractivity contribution < 1.29 is 4.79 Å². The molecule has 1 saturated heterocycles. The second kappa shape index (κ2) is 7.24. The molecule has 1 aliphatic carbocycles. The number of fused-ring (bicyclic) bond motifs is 1. The van der Waals surface area contributed by atoms with E-state index in [1.807, 2.05) is 6.07 Å². The maximum Gasteiger partial charge on any atom is 0.239 e. The fourth-order valence-electron chi connectivity index (χ4n) is 4.46. The second-order valence-electron chi connectivity index (χ2n) is 8.18. The zero-order valence-corrected chi connectivity index (χ0v) is 15.1. The van der Waals surface area contributed by atoms with Crippen LogP contribution in [0.3, 0.4) is 0 Å². The van der Waals surface area contributed by atoms with Gasteiger partial charge in [0.1, 0.15) is 6.04 Å². The molecule has 1 aromatic rings. The summed E-state index contributed by atoms with van der Waals surface area (Å²) in [4.78, 5) is 12.7. The van der Waals surface area contributed by atoms with Crippen molar-refractivity contribution in [2.45, 2.75) is 76.4 Å². The highest BCUT2D eigenvalue weighted by Gasteiger charge is 2.41. The van der Waals surface area contributed by atoms with E-state index < -0.39 is 0 Å². The van der Waals surface area contributed by atoms with Gasteiger partial charge in [-0.3, -0.25) is 10.2 Å². The van der Waals surface area contributed by atoms with Gasteiger partial charge in [0.05, 0.1) is 0 Å². The van der Waals surface area contributed by atoms with Gasteiger partial charge in [-0.2, -0.15) is 0 Å². The summed E-state index contributed by atoms with van der Waals surface area (Å²) in [5.41, 5.74) is 7.93. The molecule has 0 spiro atoms. The van der Waals surface area contributed by atoms with Gasteiger partial charge in [0, 0.05) is 18.0 Å². The minimum absolute atomic E-state index is 0.0443. The number of rotatable bonds is 5. The van der Waals surface area contributed by atoms with E-state index in [-0.39, 0.29) is 23.4 Å². The molecule has 1 heterocycles. The molecule has 2 aliphatic rings. The van der Waals surface area contributed by atoms with Crippen LogP contribution in [0.15, 0.2) is 30.3 Å². The number of hydrogen-bond donors (Lipinski definition) is 3. The zero-order chi connectivity index (χ0) is 17.2. The van der Waals surface area contributed by atoms with Crippen LogP contribution >= 0.6 is 0 Å². The van der Waals surface area contributed by atoms with Gasteiger partial charge in [-0.15, -0.1) is 0 Å². The molecule has 1 amide bonds. The molecule has 1 aromatic carbocycles. The van der Waals surface area contributed by atoms with Gasteiger partial charge in [0.2, 0.25) is 5.91 Å². The van der Waals surface area contributed by atoms with Gasteiger partial charge >= 0.3 is 0 Å². The van der Waals surface area contributed by atoms with Gasteiger partial charge in [-0.25, -0.2) is 5.43 Å². The first-order chi connectivity index (χ1) is 11.5. The zero-order valence-electron chi connectivity index (χ0n) is 15.1. The Bertz CT molecular complexity index is 557. The summed E-state index contributed by atoms with van der Waals surface area (Å²) in [5, 5.41) is 3.24. The molecule has 2 fully saturated rings. The van der Waals surface area contributed by atoms with Crippen LogP contribution in [0, 0.1) is 5.92 Å². The number of carbonyl (C=O) groups excluding carboxylic acids is 1. The normalized spacial score (nSPS) is 28.2. The summed E-state index contributed by atoms with van der Waals surface area (Å²) in [6.45, 7) is 6.61. The van der Waals surface area contributed by atoms with Crippen molar-refractivity contribution in [1.29, 1.82) is 0 Å². The molecular formula is C20H31N3O. The van der Waals surface area contributed by atoms with Gasteiger partial charge < -0.3 is 5.32 Å². The summed E-state index contributed by atoms with van der Waals surface area (Å²) in [5.74, 6) is 0.585. The molecule has 4 heteroatoms. The van der Waals surface area contributed by atoms with Gasteiger partial charge in [0.15, 0.2) is 0 Å². The van der Waals surface area contributed by atoms with Crippen LogP contribution in [0.5, 0.6) is 0 Å². The average molecular weight is 329 g/mol. The van der Waals surface area contributed by atoms with Crippen LogP contribution in [0.25, 0.3) is 0 Å². The fraction of sp³-hybridized carbons (Fsp3) is 0.650. The van der Waals surface area contributed by atoms with E-state index in [1.165, 1.54) is 24.8 Å². The standard InChI is InChI=1S/C20H31N3O/c1-14(13-20(2,3)15-9-5-4-6-10-15)21-19(24)18-16-11-7-8-12-17(16)22-23-18/h4-6,9-10,14,16-18,22-23H,7-8,11-13H2,1-3H3,(H,21,24). The van der Waals surface area contributed by atoms with Crippen molar-refractivity contribution in [2.24, 2.45) is 5.92 Å². The molecule has 3 rings (SSSR count). The topological polar surface area (TPSA) is 53.2 Å². The molecule has 132 valence electrons. The van der Waals surface area contributed by atoms with Crippen LogP contribution in [-0.2, 0) is 10.2 Å². The number of benzene rings is 1. The van der Waals surface area contributed by atoms with Crippen molar-refractivity contribution in [3.8, 4) is 0 Å². The van der Waals surface area contributed by atoms with E-state index in [4.69, 9.17) is 0 Å². The number of nitrogens with one attached hydrogen (secondary N) is 3. The van der Waals surface area contributed by atoms with Crippen molar-refractivity contribution in [3.63, 3.8) is 0 Å². The van der Waals surface area contributed by atoms with Crippen molar-refractivity contribution in [3.05, 3.63) is 35.9 Å². The molecule has 1 aliphatic heterocycles. The Hall–Kier alpha value is -1.39. The van der Waals surface area contributed by atoms with Crippen LogP contribution in [0.1, 0.15) is 58.4 Å². The average Bonchev–Trinajstić information content (AvgIpc) is 2.99. The van der Waals surface area contributed by atoms with Crippen LogP contribution < -0.4 is 16.2 Å². The van der Waals surface area contributed by atoms with Gasteiger partial charge in [-0.05, 0) is 37.2 Å². The molecule has 0 aromatic heterocycles. The first kappa shape index (κ1) is 17.4. The highest BCUT2D eigenvalue weighted by Crippen LogP contribution is 2.31. The van der Waals surface area contributed by atoms with Crippen LogP contribution in [0.2, 0.25) is 0 Å². The molecule has 1 saturated carbocycles. The van der Waals surface area contributed by atoms with E-state index >= 15 is 0 Å². The third-order valence-corrected chi connectivity index (χ3v) is 5.71. The van der Waals surface area contributed by atoms with E-state index in [9.17, 15) is 4.79 Å². The highest BCUT2D eigenvalue weighted by molar-refractivity contribution is 5.82. The molecule has 4 nitrogen and oxygen atoms in total. The predicted molar refractivity (Wildman–Crippen MR) is 97.5 cm³/mol. The Morgan fingerprint density at radius 2 is 1.92 bits per heavy atom. The Balaban J connectivity index is 1.56. The maximum absolute atomic E-state index is 12.7. The lowest BCUT2D eigenvalue weighted by molar-refractivity contribution is -0.124. The SMILES string of the molecule is CC(CC(C)(C)c1ccccc1)NC(=O)C1NNC2CCCCC21. The maximum atomic E-state index is 12.7. The summed E-state index contributed by atoms with van der Waals surface area (Å²) in [7, 11) is 0. The minimum atomic E-state index is -0.0856.